The number of hydrogen-bond donors (Lipinski definition) is 3. The van der Waals surface area contributed by atoms with E-state index < -0.39 is 11.8 Å². The lowest BCUT2D eigenvalue weighted by molar-refractivity contribution is -0.123. The molecular weight excluding hydrogens is 336 g/mol. The molecule has 0 saturated carbocycles. The Morgan fingerprint density at radius 2 is 1.92 bits per heavy atom. The van der Waals surface area contributed by atoms with Crippen molar-refractivity contribution < 1.29 is 24.2 Å². The number of carbonyl (C=O) groups excluding carboxylic acids is 2. The number of hydrogen-bond acceptors (Lipinski definition) is 5. The van der Waals surface area contributed by atoms with Gasteiger partial charge in [-0.05, 0) is 36.2 Å². The number of methoxy groups -OCH3 is 1. The van der Waals surface area contributed by atoms with Crippen molar-refractivity contribution in [1.29, 1.82) is 0 Å². The van der Waals surface area contributed by atoms with Crippen LogP contribution in [-0.4, -0.2) is 30.6 Å². The van der Waals surface area contributed by atoms with Crippen LogP contribution in [0.1, 0.15) is 15.9 Å². The molecule has 0 atom stereocenters. The first-order valence-electron chi connectivity index (χ1n) is 7.83. The normalized spacial score (nSPS) is 9.88. The van der Waals surface area contributed by atoms with Crippen molar-refractivity contribution in [1.82, 2.24) is 10.9 Å². The van der Waals surface area contributed by atoms with Gasteiger partial charge in [0, 0.05) is 0 Å². The highest BCUT2D eigenvalue weighted by Crippen LogP contribution is 2.28. The second kappa shape index (κ2) is 9.12. The van der Waals surface area contributed by atoms with Crippen LogP contribution in [-0.2, 0) is 11.2 Å². The Hall–Kier alpha value is -3.48. The quantitative estimate of drug-likeness (QED) is 0.521. The third-order valence-corrected chi connectivity index (χ3v) is 3.43. The molecule has 0 radical (unpaired) electrons. The highest BCUT2D eigenvalue weighted by atomic mass is 16.5. The van der Waals surface area contributed by atoms with E-state index in [4.69, 9.17) is 9.47 Å². The molecule has 3 N–H and O–H groups in total. The van der Waals surface area contributed by atoms with Crippen LogP contribution in [0.5, 0.6) is 17.2 Å². The van der Waals surface area contributed by atoms with E-state index in [2.05, 4.69) is 17.4 Å². The fraction of sp³-hybridized carbons (Fsp3) is 0.158. The van der Waals surface area contributed by atoms with Gasteiger partial charge in [0.15, 0.2) is 18.1 Å². The van der Waals surface area contributed by atoms with Crippen molar-refractivity contribution in [3.63, 3.8) is 0 Å². The fourth-order valence-corrected chi connectivity index (χ4v) is 2.16. The van der Waals surface area contributed by atoms with Crippen molar-refractivity contribution in [2.75, 3.05) is 13.7 Å². The number of hydrazine groups is 1. The molecular formula is C19H20N2O5. The molecule has 0 fully saturated rings. The minimum absolute atomic E-state index is 0.0493. The number of rotatable bonds is 7. The summed E-state index contributed by atoms with van der Waals surface area (Å²) in [5, 5.41) is 9.60. The third kappa shape index (κ3) is 5.01. The molecule has 7 nitrogen and oxygen atoms in total. The minimum atomic E-state index is -0.636. The zero-order valence-corrected chi connectivity index (χ0v) is 14.3. The molecule has 2 aromatic rings. The molecule has 0 heterocycles. The first-order chi connectivity index (χ1) is 12.5. The molecule has 2 amide bonds. The molecule has 0 unspecified atom stereocenters. The van der Waals surface area contributed by atoms with Gasteiger partial charge in [-0.25, -0.2) is 0 Å². The summed E-state index contributed by atoms with van der Waals surface area (Å²) in [5.74, 6) is -0.480. The number of carbonyl (C=O) groups is 2. The summed E-state index contributed by atoms with van der Waals surface area (Å²) in [4.78, 5) is 23.7. The van der Waals surface area contributed by atoms with E-state index in [0.29, 0.717) is 17.9 Å². The van der Waals surface area contributed by atoms with Gasteiger partial charge in [-0.15, -0.1) is 6.58 Å². The average molecular weight is 356 g/mol. The number of allylic oxidation sites excluding steroid dienone is 1. The van der Waals surface area contributed by atoms with Crippen molar-refractivity contribution in [2.45, 2.75) is 6.42 Å². The lowest BCUT2D eigenvalue weighted by atomic mass is 10.1. The zero-order chi connectivity index (χ0) is 18.9. The van der Waals surface area contributed by atoms with Crippen molar-refractivity contribution in [3.05, 3.63) is 66.2 Å². The Labute approximate surface area is 151 Å². The first-order valence-corrected chi connectivity index (χ1v) is 7.83. The Bertz CT molecular complexity index is 804. The Morgan fingerprint density at radius 3 is 2.62 bits per heavy atom. The van der Waals surface area contributed by atoms with Gasteiger partial charge in [0.25, 0.3) is 11.8 Å². The molecule has 136 valence electrons. The molecule has 7 heteroatoms. The standard InChI is InChI=1S/C19H20N2O5/c1-3-6-13-9-10-16(17(11-13)25-2)26-12-18(23)20-21-19(24)14-7-4-5-8-15(14)22/h3-5,7-11,22H,1,6,12H2,2H3,(H,20,23)(H,21,24). The van der Waals surface area contributed by atoms with Crippen LogP contribution >= 0.6 is 0 Å². The van der Waals surface area contributed by atoms with Gasteiger partial charge in [0.2, 0.25) is 0 Å². The maximum atomic E-state index is 11.9. The topological polar surface area (TPSA) is 96.9 Å². The molecule has 0 aliphatic carbocycles. The summed E-state index contributed by atoms with van der Waals surface area (Å²) in [6.45, 7) is 3.36. The average Bonchev–Trinajstić information content (AvgIpc) is 2.65. The van der Waals surface area contributed by atoms with Crippen LogP contribution in [0.25, 0.3) is 0 Å². The van der Waals surface area contributed by atoms with Gasteiger partial charge in [-0.2, -0.15) is 0 Å². The van der Waals surface area contributed by atoms with Gasteiger partial charge in [0.1, 0.15) is 5.75 Å². The van der Waals surface area contributed by atoms with E-state index >= 15 is 0 Å². The number of ether oxygens (including phenoxy) is 2. The Kier molecular flexibility index (Phi) is 6.61. The van der Waals surface area contributed by atoms with Crippen LogP contribution in [0.2, 0.25) is 0 Å². The number of amides is 2. The van der Waals surface area contributed by atoms with E-state index in [9.17, 15) is 14.7 Å². The third-order valence-electron chi connectivity index (χ3n) is 3.43. The van der Waals surface area contributed by atoms with Crippen LogP contribution < -0.4 is 20.3 Å². The van der Waals surface area contributed by atoms with Gasteiger partial charge < -0.3 is 14.6 Å². The van der Waals surface area contributed by atoms with E-state index in [0.717, 1.165) is 5.56 Å². The molecule has 0 bridgehead atoms. The van der Waals surface area contributed by atoms with Crippen molar-refractivity contribution >= 4 is 11.8 Å². The van der Waals surface area contributed by atoms with Crippen LogP contribution in [0.4, 0.5) is 0 Å². The Morgan fingerprint density at radius 1 is 1.15 bits per heavy atom. The van der Waals surface area contributed by atoms with Crippen LogP contribution in [0, 0.1) is 0 Å². The number of phenolic OH excluding ortho intramolecular Hbond substituents is 1. The lowest BCUT2D eigenvalue weighted by Crippen LogP contribution is -2.43. The molecule has 0 aromatic heterocycles. The second-order valence-corrected chi connectivity index (χ2v) is 5.29. The maximum Gasteiger partial charge on any atom is 0.276 e. The van der Waals surface area contributed by atoms with Crippen LogP contribution in [0.3, 0.4) is 0 Å². The smallest absolute Gasteiger partial charge is 0.276 e. The minimum Gasteiger partial charge on any atom is -0.507 e. The van der Waals surface area contributed by atoms with Gasteiger partial charge in [0.05, 0.1) is 12.7 Å². The molecule has 0 aliphatic rings. The molecule has 0 saturated heterocycles. The summed E-state index contributed by atoms with van der Waals surface area (Å²) < 4.78 is 10.7. The number of nitrogens with one attached hydrogen (secondary N) is 2. The van der Waals surface area contributed by atoms with Gasteiger partial charge in [-0.1, -0.05) is 24.3 Å². The number of benzene rings is 2. The predicted octanol–water partition coefficient (Wildman–Crippen LogP) is 1.97. The largest absolute Gasteiger partial charge is 0.507 e. The van der Waals surface area contributed by atoms with E-state index in [-0.39, 0.29) is 17.9 Å². The number of aromatic hydroxyl groups is 1. The molecule has 0 aliphatic heterocycles. The van der Waals surface area contributed by atoms with Crippen molar-refractivity contribution in [3.8, 4) is 17.2 Å². The monoisotopic (exact) mass is 356 g/mol. The maximum absolute atomic E-state index is 11.9. The summed E-state index contributed by atoms with van der Waals surface area (Å²) in [5.41, 5.74) is 5.48. The number of phenols is 1. The van der Waals surface area contributed by atoms with Crippen LogP contribution in [0.15, 0.2) is 55.1 Å². The van der Waals surface area contributed by atoms with E-state index in [1.165, 1.54) is 19.2 Å². The summed E-state index contributed by atoms with van der Waals surface area (Å²) in [6.07, 6.45) is 2.46. The summed E-state index contributed by atoms with van der Waals surface area (Å²) >= 11 is 0. The first kappa shape index (κ1) is 18.9. The number of para-hydroxylation sites is 1. The van der Waals surface area contributed by atoms with Gasteiger partial charge >= 0.3 is 0 Å². The SMILES string of the molecule is C=CCc1ccc(OCC(=O)NNC(=O)c2ccccc2O)c(OC)c1. The molecule has 0 spiro atoms. The fourth-order valence-electron chi connectivity index (χ4n) is 2.16. The van der Waals surface area contributed by atoms with E-state index in [1.54, 1.807) is 30.3 Å². The van der Waals surface area contributed by atoms with Gasteiger partial charge in [-0.3, -0.25) is 20.4 Å². The van der Waals surface area contributed by atoms with Crippen molar-refractivity contribution in [2.24, 2.45) is 0 Å². The Balaban J connectivity index is 1.88. The molecule has 2 rings (SSSR count). The summed E-state index contributed by atoms with van der Waals surface area (Å²) in [6, 6.07) is 11.3. The predicted molar refractivity (Wildman–Crippen MR) is 96.1 cm³/mol. The second-order valence-electron chi connectivity index (χ2n) is 5.29. The molecule has 2 aromatic carbocycles. The highest BCUT2D eigenvalue weighted by molar-refractivity contribution is 5.97. The molecule has 26 heavy (non-hydrogen) atoms. The zero-order valence-electron chi connectivity index (χ0n) is 14.3. The lowest BCUT2D eigenvalue weighted by Gasteiger charge is -2.12. The highest BCUT2D eigenvalue weighted by Gasteiger charge is 2.12. The summed E-state index contributed by atoms with van der Waals surface area (Å²) in [7, 11) is 1.51. The van der Waals surface area contributed by atoms with E-state index in [1.807, 2.05) is 6.07 Å².